The normalized spacial score (nSPS) is 11.4. The van der Waals surface area contributed by atoms with Crippen LogP contribution in [-0.2, 0) is 15.6 Å². The maximum Gasteiger partial charge on any atom is 0.335 e. The first-order valence-electron chi connectivity index (χ1n) is 6.96. The van der Waals surface area contributed by atoms with Gasteiger partial charge in [-0.25, -0.2) is 13.2 Å². The average Bonchev–Trinajstić information content (AvgIpc) is 3.06. The van der Waals surface area contributed by atoms with Crippen molar-refractivity contribution < 1.29 is 18.3 Å². The van der Waals surface area contributed by atoms with E-state index in [1.54, 1.807) is 24.3 Å². The van der Waals surface area contributed by atoms with Crippen molar-refractivity contribution >= 4 is 27.4 Å². The zero-order chi connectivity index (χ0) is 18.0. The molecule has 0 unspecified atom stereocenters. The summed E-state index contributed by atoms with van der Waals surface area (Å²) in [6.45, 7) is 0. The fourth-order valence-electron chi connectivity index (χ4n) is 2.14. The van der Waals surface area contributed by atoms with Crippen LogP contribution >= 0.6 is 11.6 Å². The zero-order valence-electron chi connectivity index (χ0n) is 12.6. The number of nitrogens with zero attached hydrogens (tertiary/aromatic N) is 4. The molecule has 128 valence electrons. The van der Waals surface area contributed by atoms with Gasteiger partial charge in [-0.15, -0.1) is 0 Å². The van der Waals surface area contributed by atoms with Crippen LogP contribution in [0.2, 0.25) is 5.02 Å². The predicted molar refractivity (Wildman–Crippen MR) is 88.5 cm³/mol. The third-order valence-electron chi connectivity index (χ3n) is 3.35. The van der Waals surface area contributed by atoms with Gasteiger partial charge in [0.15, 0.2) is 0 Å². The van der Waals surface area contributed by atoms with Gasteiger partial charge in [-0.2, -0.15) is 4.68 Å². The molecule has 0 aliphatic carbocycles. The number of aromatic carboxylic acids is 1. The highest BCUT2D eigenvalue weighted by Gasteiger charge is 2.24. The highest BCUT2D eigenvalue weighted by molar-refractivity contribution is 7.90. The Balaban J connectivity index is 1.92. The van der Waals surface area contributed by atoms with Gasteiger partial charge in [-0.3, -0.25) is 0 Å². The van der Waals surface area contributed by atoms with Crippen LogP contribution in [0.15, 0.2) is 53.7 Å². The van der Waals surface area contributed by atoms with Gasteiger partial charge in [0.2, 0.25) is 9.84 Å². The van der Waals surface area contributed by atoms with E-state index in [2.05, 4.69) is 15.5 Å². The largest absolute Gasteiger partial charge is 0.478 e. The molecule has 8 nitrogen and oxygen atoms in total. The monoisotopic (exact) mass is 378 g/mol. The van der Waals surface area contributed by atoms with Crippen LogP contribution in [0.4, 0.5) is 0 Å². The van der Waals surface area contributed by atoms with Gasteiger partial charge in [-0.05, 0) is 52.4 Å². The minimum absolute atomic E-state index is 0.0761. The van der Waals surface area contributed by atoms with Crippen LogP contribution < -0.4 is 0 Å². The zero-order valence-corrected chi connectivity index (χ0v) is 14.1. The fraction of sp³-hybridized carbons (Fsp3) is 0.0667. The molecule has 0 fully saturated rings. The van der Waals surface area contributed by atoms with Crippen LogP contribution in [0.25, 0.3) is 5.69 Å². The lowest BCUT2D eigenvalue weighted by Crippen LogP contribution is -2.13. The Morgan fingerprint density at radius 1 is 1.08 bits per heavy atom. The molecular formula is C15H11ClN4O4S. The molecule has 0 aliphatic rings. The van der Waals surface area contributed by atoms with Gasteiger partial charge in [0.05, 0.1) is 17.0 Å². The van der Waals surface area contributed by atoms with Gasteiger partial charge in [-0.1, -0.05) is 28.8 Å². The highest BCUT2D eigenvalue weighted by atomic mass is 35.5. The molecule has 0 aliphatic heterocycles. The third-order valence-corrected chi connectivity index (χ3v) is 5.12. The molecule has 2 aromatic carbocycles. The van der Waals surface area contributed by atoms with E-state index in [0.717, 1.165) is 4.68 Å². The highest BCUT2D eigenvalue weighted by Crippen LogP contribution is 2.19. The van der Waals surface area contributed by atoms with Gasteiger partial charge in [0.25, 0.3) is 5.16 Å². The Hall–Kier alpha value is -2.78. The summed E-state index contributed by atoms with van der Waals surface area (Å²) in [4.78, 5) is 10.9. The first kappa shape index (κ1) is 17.1. The summed E-state index contributed by atoms with van der Waals surface area (Å²) in [6.07, 6.45) is 0. The van der Waals surface area contributed by atoms with Crippen molar-refractivity contribution in [3.05, 3.63) is 64.7 Å². The average molecular weight is 379 g/mol. The molecule has 0 saturated heterocycles. The SMILES string of the molecule is O=C(O)c1ccc(CS(=O)(=O)c2nnnn2-c2ccc(Cl)cc2)cc1. The Bertz CT molecular complexity index is 1010. The molecule has 25 heavy (non-hydrogen) atoms. The van der Waals surface area contributed by atoms with Crippen molar-refractivity contribution in [3.63, 3.8) is 0 Å². The first-order valence-corrected chi connectivity index (χ1v) is 8.99. The van der Waals surface area contributed by atoms with Gasteiger partial charge in [0, 0.05) is 5.02 Å². The fourth-order valence-corrected chi connectivity index (χ4v) is 3.60. The van der Waals surface area contributed by atoms with Crippen LogP contribution in [0.3, 0.4) is 0 Å². The lowest BCUT2D eigenvalue weighted by molar-refractivity contribution is 0.0697. The van der Waals surface area contributed by atoms with Crippen LogP contribution in [0.1, 0.15) is 15.9 Å². The summed E-state index contributed by atoms with van der Waals surface area (Å²) < 4.78 is 26.4. The number of halogens is 1. The third kappa shape index (κ3) is 3.67. The summed E-state index contributed by atoms with van der Waals surface area (Å²) in [5, 5.41) is 19.8. The van der Waals surface area contributed by atoms with Crippen LogP contribution in [-0.4, -0.2) is 39.7 Å². The molecule has 3 aromatic rings. The topological polar surface area (TPSA) is 115 Å². The maximum absolute atomic E-state index is 12.6. The summed E-state index contributed by atoms with van der Waals surface area (Å²) in [6, 6.07) is 12.0. The van der Waals surface area contributed by atoms with Crippen LogP contribution in [0, 0.1) is 0 Å². The smallest absolute Gasteiger partial charge is 0.335 e. The minimum Gasteiger partial charge on any atom is -0.478 e. The minimum atomic E-state index is -3.85. The second kappa shape index (κ2) is 6.61. The molecule has 10 heteroatoms. The molecular weight excluding hydrogens is 368 g/mol. The number of rotatable bonds is 5. The molecule has 1 heterocycles. The number of sulfone groups is 1. The van der Waals surface area contributed by atoms with Crippen molar-refractivity contribution in [1.29, 1.82) is 0 Å². The molecule has 0 bridgehead atoms. The Kier molecular flexibility index (Phi) is 4.51. The van der Waals surface area contributed by atoms with Crippen molar-refractivity contribution in [3.8, 4) is 5.69 Å². The number of carboxylic acids is 1. The van der Waals surface area contributed by atoms with E-state index in [0.29, 0.717) is 16.3 Å². The number of carbonyl (C=O) groups is 1. The Labute approximate surface area is 147 Å². The molecule has 0 amide bonds. The van der Waals surface area contributed by atoms with E-state index >= 15 is 0 Å². The van der Waals surface area contributed by atoms with Crippen molar-refractivity contribution in [2.24, 2.45) is 0 Å². The lowest BCUT2D eigenvalue weighted by atomic mass is 10.1. The van der Waals surface area contributed by atoms with Gasteiger partial charge < -0.3 is 5.11 Å². The number of aromatic nitrogens is 4. The van der Waals surface area contributed by atoms with Crippen molar-refractivity contribution in [2.45, 2.75) is 10.9 Å². The van der Waals surface area contributed by atoms with E-state index in [9.17, 15) is 13.2 Å². The van der Waals surface area contributed by atoms with Crippen molar-refractivity contribution in [1.82, 2.24) is 20.2 Å². The van der Waals surface area contributed by atoms with Gasteiger partial charge >= 0.3 is 5.97 Å². The quantitative estimate of drug-likeness (QED) is 0.721. The second-order valence-electron chi connectivity index (χ2n) is 5.11. The summed E-state index contributed by atoms with van der Waals surface area (Å²) >= 11 is 5.82. The first-order chi connectivity index (χ1) is 11.9. The molecule has 0 atom stereocenters. The number of hydrogen-bond donors (Lipinski definition) is 1. The molecule has 1 aromatic heterocycles. The molecule has 1 N–H and O–H groups in total. The van der Waals surface area contributed by atoms with Crippen molar-refractivity contribution in [2.75, 3.05) is 0 Å². The van der Waals surface area contributed by atoms with Gasteiger partial charge in [0.1, 0.15) is 0 Å². The number of hydrogen-bond acceptors (Lipinski definition) is 6. The summed E-state index contributed by atoms with van der Waals surface area (Å²) in [5.41, 5.74) is 0.956. The molecule has 0 radical (unpaired) electrons. The Morgan fingerprint density at radius 2 is 1.72 bits per heavy atom. The van der Waals surface area contributed by atoms with E-state index in [4.69, 9.17) is 16.7 Å². The molecule has 3 rings (SSSR count). The number of carboxylic acid groups (broad SMARTS) is 1. The molecule has 0 saturated carbocycles. The second-order valence-corrected chi connectivity index (χ2v) is 7.43. The standard InChI is InChI=1S/C15H11ClN4O4S/c16-12-5-7-13(8-6-12)20-15(17-18-19-20)25(23,24)9-10-1-3-11(4-2-10)14(21)22/h1-8H,9H2,(H,21,22). The Morgan fingerprint density at radius 3 is 2.32 bits per heavy atom. The number of tetrazole rings is 1. The summed E-state index contributed by atoms with van der Waals surface area (Å²) in [5.74, 6) is -1.44. The molecule has 0 spiro atoms. The number of benzene rings is 2. The van der Waals surface area contributed by atoms with E-state index in [-0.39, 0.29) is 16.5 Å². The lowest BCUT2D eigenvalue weighted by Gasteiger charge is -2.06. The van der Waals surface area contributed by atoms with E-state index in [1.807, 2.05) is 0 Å². The predicted octanol–water partition coefficient (Wildman–Crippen LogP) is 1.99. The van der Waals surface area contributed by atoms with E-state index < -0.39 is 15.8 Å². The van der Waals surface area contributed by atoms with Crippen LogP contribution in [0.5, 0.6) is 0 Å². The van der Waals surface area contributed by atoms with E-state index in [1.165, 1.54) is 24.3 Å². The maximum atomic E-state index is 12.6. The summed E-state index contributed by atoms with van der Waals surface area (Å²) in [7, 11) is -3.85.